The molecule has 1 saturated heterocycles. The Labute approximate surface area is 183 Å². The first-order chi connectivity index (χ1) is 15.0. The molecule has 1 N–H and O–H groups in total. The van der Waals surface area contributed by atoms with Gasteiger partial charge in [-0.05, 0) is 12.3 Å². The molecule has 32 heavy (non-hydrogen) atoms. The predicted molar refractivity (Wildman–Crippen MR) is 107 cm³/mol. The molecule has 2 aromatic carbocycles. The largest absolute Gasteiger partial charge is 0.431 e. The molecule has 1 saturated carbocycles. The summed E-state index contributed by atoms with van der Waals surface area (Å²) >= 11 is 0. The van der Waals surface area contributed by atoms with E-state index in [9.17, 15) is 26.0 Å². The van der Waals surface area contributed by atoms with E-state index in [4.69, 9.17) is 14.0 Å². The number of alkyl halides is 4. The maximum absolute atomic E-state index is 15.0. The molecule has 2 fully saturated rings. The SMILES string of the molecule is CCC1C[C@H](C(F)(F)C(F)(F)S(=O)(=O)O)C2OC(c3ccccc3)(c3ccccc3)OC12. The quantitative estimate of drug-likeness (QED) is 0.480. The number of fused-ring (bicyclic) bond motifs is 1. The summed E-state index contributed by atoms with van der Waals surface area (Å²) in [5, 5.41) is -5.67. The van der Waals surface area contributed by atoms with Crippen LogP contribution in [0, 0.1) is 11.8 Å². The molecule has 3 unspecified atom stereocenters. The smallest absolute Gasteiger partial charge is 0.336 e. The zero-order valence-corrected chi connectivity index (χ0v) is 17.8. The molecule has 4 rings (SSSR count). The summed E-state index contributed by atoms with van der Waals surface area (Å²) < 4.78 is 102. The summed E-state index contributed by atoms with van der Waals surface area (Å²) in [7, 11) is -6.36. The van der Waals surface area contributed by atoms with E-state index in [-0.39, 0.29) is 0 Å². The van der Waals surface area contributed by atoms with E-state index in [0.29, 0.717) is 17.5 Å². The summed E-state index contributed by atoms with van der Waals surface area (Å²) in [5.74, 6) is -9.49. The van der Waals surface area contributed by atoms with Crippen molar-refractivity contribution in [3.63, 3.8) is 0 Å². The molecule has 174 valence electrons. The Balaban J connectivity index is 1.82. The van der Waals surface area contributed by atoms with Gasteiger partial charge in [0.15, 0.2) is 0 Å². The van der Waals surface area contributed by atoms with Gasteiger partial charge >= 0.3 is 21.3 Å². The average molecular weight is 474 g/mol. The highest BCUT2D eigenvalue weighted by atomic mass is 32.2. The highest BCUT2D eigenvalue weighted by Gasteiger charge is 2.74. The Morgan fingerprint density at radius 3 is 1.84 bits per heavy atom. The maximum atomic E-state index is 15.0. The number of benzene rings is 2. The van der Waals surface area contributed by atoms with Gasteiger partial charge in [-0.3, -0.25) is 4.55 Å². The van der Waals surface area contributed by atoms with E-state index < -0.39 is 57.5 Å². The van der Waals surface area contributed by atoms with Gasteiger partial charge < -0.3 is 9.47 Å². The van der Waals surface area contributed by atoms with Gasteiger partial charge in [-0.25, -0.2) is 0 Å². The molecular weight excluding hydrogens is 452 g/mol. The standard InChI is InChI=1S/C22H22F4O5S/c1-2-14-13-17(21(23,24)22(25,26)32(27,28)29)19-18(14)30-20(31-19,15-9-5-3-6-10-15)16-11-7-4-8-12-16/h3-12,14,17-19H,2,13H2,1H3,(H,27,28,29)/t14?,17-,18?,19?/m0/s1. The molecule has 0 amide bonds. The lowest BCUT2D eigenvalue weighted by Gasteiger charge is -2.34. The molecular formula is C22H22F4O5S. The number of hydrogen-bond donors (Lipinski definition) is 1. The van der Waals surface area contributed by atoms with Crippen molar-refractivity contribution in [2.45, 2.75) is 48.9 Å². The van der Waals surface area contributed by atoms with Crippen molar-refractivity contribution in [3.05, 3.63) is 71.8 Å². The van der Waals surface area contributed by atoms with Crippen LogP contribution in [-0.2, 0) is 25.4 Å². The summed E-state index contributed by atoms with van der Waals surface area (Å²) in [4.78, 5) is 0. The van der Waals surface area contributed by atoms with Crippen LogP contribution >= 0.6 is 0 Å². The van der Waals surface area contributed by atoms with Crippen molar-refractivity contribution in [2.24, 2.45) is 11.8 Å². The molecule has 0 radical (unpaired) electrons. The van der Waals surface area contributed by atoms with Crippen LogP contribution in [0.1, 0.15) is 30.9 Å². The van der Waals surface area contributed by atoms with Crippen LogP contribution < -0.4 is 0 Å². The van der Waals surface area contributed by atoms with Crippen LogP contribution in [0.15, 0.2) is 60.7 Å². The molecule has 0 aromatic heterocycles. The lowest BCUT2D eigenvalue weighted by molar-refractivity contribution is -0.226. The highest BCUT2D eigenvalue weighted by molar-refractivity contribution is 7.87. The summed E-state index contributed by atoms with van der Waals surface area (Å²) in [6, 6.07) is 17.0. The molecule has 1 aliphatic heterocycles. The lowest BCUT2D eigenvalue weighted by Crippen LogP contribution is -2.54. The van der Waals surface area contributed by atoms with E-state index >= 15 is 0 Å². The Kier molecular flexibility index (Phi) is 5.64. The molecule has 0 bridgehead atoms. The van der Waals surface area contributed by atoms with Gasteiger partial charge in [-0.1, -0.05) is 74.0 Å². The van der Waals surface area contributed by atoms with Crippen LogP contribution in [0.25, 0.3) is 0 Å². The van der Waals surface area contributed by atoms with Crippen molar-refractivity contribution < 1.29 is 40.0 Å². The van der Waals surface area contributed by atoms with Crippen molar-refractivity contribution in [1.29, 1.82) is 0 Å². The van der Waals surface area contributed by atoms with E-state index in [1.54, 1.807) is 67.6 Å². The third-order valence-electron chi connectivity index (χ3n) is 6.36. The van der Waals surface area contributed by atoms with Gasteiger partial charge in [-0.2, -0.15) is 26.0 Å². The van der Waals surface area contributed by atoms with Crippen LogP contribution in [-0.4, -0.2) is 36.4 Å². The number of halogens is 4. The zero-order chi connectivity index (χ0) is 23.4. The Hall–Kier alpha value is -2.01. The van der Waals surface area contributed by atoms with Crippen molar-refractivity contribution in [2.75, 3.05) is 0 Å². The fourth-order valence-electron chi connectivity index (χ4n) is 4.71. The van der Waals surface area contributed by atoms with Gasteiger partial charge in [0.25, 0.3) is 0 Å². The van der Waals surface area contributed by atoms with Gasteiger partial charge in [0.05, 0.1) is 18.1 Å². The van der Waals surface area contributed by atoms with Crippen LogP contribution in [0.3, 0.4) is 0 Å². The number of ether oxygens (including phenoxy) is 2. The highest BCUT2D eigenvalue weighted by Crippen LogP contribution is 2.58. The van der Waals surface area contributed by atoms with Gasteiger partial charge in [0, 0.05) is 11.1 Å². The second-order valence-corrected chi connectivity index (χ2v) is 9.60. The lowest BCUT2D eigenvalue weighted by atomic mass is 9.94. The molecule has 10 heteroatoms. The third kappa shape index (κ3) is 3.35. The average Bonchev–Trinajstić information content (AvgIpc) is 3.31. The number of rotatable bonds is 6. The Bertz CT molecular complexity index is 1020. The molecule has 5 nitrogen and oxygen atoms in total. The number of hydrogen-bond acceptors (Lipinski definition) is 4. The minimum Gasteiger partial charge on any atom is -0.336 e. The maximum Gasteiger partial charge on any atom is 0.431 e. The minimum absolute atomic E-state index is 0.328. The first-order valence-electron chi connectivity index (χ1n) is 10.1. The minimum atomic E-state index is -6.36. The molecule has 2 aliphatic rings. The van der Waals surface area contributed by atoms with Crippen LogP contribution in [0.5, 0.6) is 0 Å². The zero-order valence-electron chi connectivity index (χ0n) is 17.0. The Morgan fingerprint density at radius 2 is 1.41 bits per heavy atom. The van der Waals surface area contributed by atoms with E-state index in [1.807, 2.05) is 0 Å². The topological polar surface area (TPSA) is 72.8 Å². The molecule has 2 aromatic rings. The second-order valence-electron chi connectivity index (χ2n) is 8.14. The monoisotopic (exact) mass is 474 g/mol. The Morgan fingerprint density at radius 1 is 0.938 bits per heavy atom. The van der Waals surface area contributed by atoms with Gasteiger partial charge in [-0.15, -0.1) is 0 Å². The molecule has 4 atom stereocenters. The summed E-state index contributed by atoms with van der Waals surface area (Å²) in [5.41, 5.74) is 0.970. The van der Waals surface area contributed by atoms with E-state index in [1.165, 1.54) is 0 Å². The molecule has 1 heterocycles. The second kappa shape index (κ2) is 7.79. The third-order valence-corrected chi connectivity index (χ3v) is 7.28. The molecule has 1 aliphatic carbocycles. The summed E-state index contributed by atoms with van der Waals surface area (Å²) in [6.07, 6.45) is -2.62. The van der Waals surface area contributed by atoms with Gasteiger partial charge in [0.2, 0.25) is 5.79 Å². The van der Waals surface area contributed by atoms with Crippen molar-refractivity contribution >= 4 is 10.1 Å². The van der Waals surface area contributed by atoms with Crippen LogP contribution in [0.4, 0.5) is 17.6 Å². The first kappa shape index (κ1) is 23.2. The normalized spacial score (nSPS) is 27.9. The van der Waals surface area contributed by atoms with Crippen LogP contribution in [0.2, 0.25) is 0 Å². The predicted octanol–water partition coefficient (Wildman–Crippen LogP) is 4.83. The molecule has 0 spiro atoms. The first-order valence-corrected chi connectivity index (χ1v) is 11.6. The summed E-state index contributed by atoms with van der Waals surface area (Å²) in [6.45, 7) is 1.71. The van der Waals surface area contributed by atoms with Gasteiger partial charge in [0.1, 0.15) is 0 Å². The fourth-order valence-corrected chi connectivity index (χ4v) is 5.21. The van der Waals surface area contributed by atoms with E-state index in [0.717, 1.165) is 0 Å². The van der Waals surface area contributed by atoms with Crippen molar-refractivity contribution in [1.82, 2.24) is 0 Å². The van der Waals surface area contributed by atoms with E-state index in [2.05, 4.69) is 0 Å². The van der Waals surface area contributed by atoms with Crippen molar-refractivity contribution in [3.8, 4) is 0 Å². The fraction of sp³-hybridized carbons (Fsp3) is 0.455.